The van der Waals surface area contributed by atoms with Crippen LogP contribution in [-0.2, 0) is 6.42 Å². The molecule has 1 nitrogen and oxygen atoms in total. The summed E-state index contributed by atoms with van der Waals surface area (Å²) in [7, 11) is 0. The number of thiophene rings is 1. The van der Waals surface area contributed by atoms with Crippen LogP contribution >= 0.6 is 11.3 Å². The Balaban J connectivity index is 1.81. The molecule has 1 saturated carbocycles. The monoisotopic (exact) mass is 279 g/mol. The molecule has 2 rings (SSSR count). The van der Waals surface area contributed by atoms with Gasteiger partial charge in [-0.3, -0.25) is 0 Å². The minimum Gasteiger partial charge on any atom is -0.312 e. The highest BCUT2D eigenvalue weighted by Crippen LogP contribution is 2.33. The molecule has 1 aromatic heterocycles. The summed E-state index contributed by atoms with van der Waals surface area (Å²) in [4.78, 5) is 1.56. The van der Waals surface area contributed by atoms with Gasteiger partial charge in [0.2, 0.25) is 0 Å². The predicted molar refractivity (Wildman–Crippen MR) is 85.8 cm³/mol. The molecule has 0 radical (unpaired) electrons. The van der Waals surface area contributed by atoms with Gasteiger partial charge in [0, 0.05) is 10.4 Å². The summed E-state index contributed by atoms with van der Waals surface area (Å²) >= 11 is 1.91. The van der Waals surface area contributed by atoms with Crippen LogP contribution < -0.4 is 5.32 Å². The fourth-order valence-electron chi connectivity index (χ4n) is 3.15. The van der Waals surface area contributed by atoms with Crippen LogP contribution in [0.15, 0.2) is 17.5 Å². The van der Waals surface area contributed by atoms with Crippen LogP contribution in [0.4, 0.5) is 0 Å². The van der Waals surface area contributed by atoms with Gasteiger partial charge >= 0.3 is 0 Å². The molecule has 0 bridgehead atoms. The smallest absolute Gasteiger partial charge is 0.00966 e. The van der Waals surface area contributed by atoms with Crippen LogP contribution in [-0.4, -0.2) is 12.1 Å². The Kier molecular flexibility index (Phi) is 5.47. The summed E-state index contributed by atoms with van der Waals surface area (Å²) in [6.45, 7) is 8.03. The summed E-state index contributed by atoms with van der Waals surface area (Å²) < 4.78 is 0. The maximum Gasteiger partial charge on any atom is 0.00966 e. The highest BCUT2D eigenvalue weighted by molar-refractivity contribution is 7.09. The molecule has 1 aromatic rings. The summed E-state index contributed by atoms with van der Waals surface area (Å²) in [6, 6.07) is 4.47. The molecule has 2 heteroatoms. The van der Waals surface area contributed by atoms with E-state index in [2.05, 4.69) is 43.6 Å². The topological polar surface area (TPSA) is 12.0 Å². The van der Waals surface area contributed by atoms with Crippen molar-refractivity contribution in [3.05, 3.63) is 22.4 Å². The molecule has 2 atom stereocenters. The number of nitrogens with one attached hydrogen (secondary N) is 1. The van der Waals surface area contributed by atoms with Crippen molar-refractivity contribution in [1.29, 1.82) is 0 Å². The summed E-state index contributed by atoms with van der Waals surface area (Å²) in [5, 5.41) is 5.92. The average molecular weight is 279 g/mol. The van der Waals surface area contributed by atoms with Crippen LogP contribution in [0.2, 0.25) is 0 Å². The first-order valence-corrected chi connectivity index (χ1v) is 8.70. The van der Waals surface area contributed by atoms with Crippen molar-refractivity contribution < 1.29 is 0 Å². The van der Waals surface area contributed by atoms with Gasteiger partial charge < -0.3 is 5.32 Å². The summed E-state index contributed by atoms with van der Waals surface area (Å²) in [5.41, 5.74) is 0.260. The van der Waals surface area contributed by atoms with E-state index in [1.807, 2.05) is 11.3 Å². The van der Waals surface area contributed by atoms with Crippen molar-refractivity contribution in [2.24, 2.45) is 11.8 Å². The van der Waals surface area contributed by atoms with Gasteiger partial charge in [-0.1, -0.05) is 25.3 Å². The van der Waals surface area contributed by atoms with Gasteiger partial charge in [-0.05, 0) is 69.9 Å². The van der Waals surface area contributed by atoms with E-state index in [0.717, 1.165) is 11.8 Å². The van der Waals surface area contributed by atoms with Crippen LogP contribution in [0.3, 0.4) is 0 Å². The second-order valence-electron chi connectivity index (χ2n) is 7.05. The molecule has 1 N–H and O–H groups in total. The highest BCUT2D eigenvalue weighted by atomic mass is 32.1. The van der Waals surface area contributed by atoms with Crippen molar-refractivity contribution in [1.82, 2.24) is 5.32 Å². The van der Waals surface area contributed by atoms with Crippen LogP contribution in [0.25, 0.3) is 0 Å². The van der Waals surface area contributed by atoms with Gasteiger partial charge in [0.15, 0.2) is 0 Å². The Bertz CT molecular complexity index is 350. The molecule has 1 fully saturated rings. The molecule has 108 valence electrons. The van der Waals surface area contributed by atoms with Crippen molar-refractivity contribution in [3.63, 3.8) is 0 Å². The van der Waals surface area contributed by atoms with Crippen molar-refractivity contribution >= 4 is 11.3 Å². The van der Waals surface area contributed by atoms with Gasteiger partial charge in [0.05, 0.1) is 0 Å². The molecule has 0 amide bonds. The molecule has 0 saturated heterocycles. The molecule has 19 heavy (non-hydrogen) atoms. The lowest BCUT2D eigenvalue weighted by molar-refractivity contribution is 0.204. The van der Waals surface area contributed by atoms with Gasteiger partial charge in [-0.2, -0.15) is 0 Å². The first kappa shape index (κ1) is 15.1. The third-order valence-electron chi connectivity index (χ3n) is 4.30. The lowest BCUT2D eigenvalue weighted by Gasteiger charge is -2.34. The SMILES string of the molecule is CC(C)(C)NCC1CCCCC1CCc1cccs1. The standard InChI is InChI=1S/C17H29NS/c1-17(2,3)18-13-15-8-5-4-7-14(15)10-11-16-9-6-12-19-16/h6,9,12,14-15,18H,4-5,7-8,10-11,13H2,1-3H3. The Morgan fingerprint density at radius 2 is 1.95 bits per heavy atom. The van der Waals surface area contributed by atoms with E-state index in [9.17, 15) is 0 Å². The number of hydrogen-bond acceptors (Lipinski definition) is 2. The molecule has 0 aromatic carbocycles. The van der Waals surface area contributed by atoms with E-state index in [1.165, 1.54) is 45.1 Å². The Hall–Kier alpha value is -0.340. The number of hydrogen-bond donors (Lipinski definition) is 1. The molecule has 0 aliphatic heterocycles. The number of aryl methyl sites for hydroxylation is 1. The quantitative estimate of drug-likeness (QED) is 0.810. The Morgan fingerprint density at radius 3 is 2.58 bits per heavy atom. The normalized spacial score (nSPS) is 24.6. The Morgan fingerprint density at radius 1 is 1.21 bits per heavy atom. The average Bonchev–Trinajstić information content (AvgIpc) is 2.87. The van der Waals surface area contributed by atoms with E-state index in [1.54, 1.807) is 4.88 Å². The Labute approximate surface area is 122 Å². The zero-order valence-electron chi connectivity index (χ0n) is 12.7. The van der Waals surface area contributed by atoms with E-state index in [4.69, 9.17) is 0 Å². The van der Waals surface area contributed by atoms with Gasteiger partial charge in [-0.15, -0.1) is 11.3 Å². The minimum atomic E-state index is 0.260. The van der Waals surface area contributed by atoms with Crippen LogP contribution in [0.1, 0.15) is 57.8 Å². The highest BCUT2D eigenvalue weighted by Gasteiger charge is 2.25. The maximum absolute atomic E-state index is 3.72. The second kappa shape index (κ2) is 6.90. The molecule has 0 spiro atoms. The first-order valence-electron chi connectivity index (χ1n) is 7.82. The van der Waals surface area contributed by atoms with E-state index in [0.29, 0.717) is 0 Å². The van der Waals surface area contributed by atoms with Crippen LogP contribution in [0, 0.1) is 11.8 Å². The fraction of sp³-hybridized carbons (Fsp3) is 0.765. The molecule has 2 unspecified atom stereocenters. The van der Waals surface area contributed by atoms with Crippen molar-refractivity contribution in [2.75, 3.05) is 6.54 Å². The van der Waals surface area contributed by atoms with Gasteiger partial charge in [-0.25, -0.2) is 0 Å². The lowest BCUT2D eigenvalue weighted by Crippen LogP contribution is -2.41. The zero-order chi connectivity index (χ0) is 13.7. The first-order chi connectivity index (χ1) is 9.04. The third-order valence-corrected chi connectivity index (χ3v) is 5.24. The second-order valence-corrected chi connectivity index (χ2v) is 8.09. The summed E-state index contributed by atoms with van der Waals surface area (Å²) in [6.07, 6.45) is 8.43. The van der Waals surface area contributed by atoms with Gasteiger partial charge in [0.25, 0.3) is 0 Å². The molecule has 1 aliphatic carbocycles. The minimum absolute atomic E-state index is 0.260. The van der Waals surface area contributed by atoms with E-state index in [-0.39, 0.29) is 5.54 Å². The third kappa shape index (κ3) is 5.27. The van der Waals surface area contributed by atoms with Crippen molar-refractivity contribution in [3.8, 4) is 0 Å². The molecule has 1 heterocycles. The maximum atomic E-state index is 3.72. The van der Waals surface area contributed by atoms with Gasteiger partial charge in [0.1, 0.15) is 0 Å². The molecular weight excluding hydrogens is 250 g/mol. The van der Waals surface area contributed by atoms with E-state index < -0.39 is 0 Å². The largest absolute Gasteiger partial charge is 0.312 e. The summed E-state index contributed by atoms with van der Waals surface area (Å²) in [5.74, 6) is 1.83. The predicted octanol–water partition coefficient (Wildman–Crippen LogP) is 4.88. The number of rotatable bonds is 5. The van der Waals surface area contributed by atoms with Crippen LogP contribution in [0.5, 0.6) is 0 Å². The van der Waals surface area contributed by atoms with E-state index >= 15 is 0 Å². The zero-order valence-corrected chi connectivity index (χ0v) is 13.6. The van der Waals surface area contributed by atoms with Crippen molar-refractivity contribution in [2.45, 2.75) is 64.8 Å². The molecule has 1 aliphatic rings. The fourth-order valence-corrected chi connectivity index (χ4v) is 3.88. The molecular formula is C17H29NS. The lowest BCUT2D eigenvalue weighted by atomic mass is 9.76.